The molecule has 0 aliphatic heterocycles. The fourth-order valence-electron chi connectivity index (χ4n) is 0.723. The third kappa shape index (κ3) is 1.45. The summed E-state index contributed by atoms with van der Waals surface area (Å²) in [5.74, 6) is 0.803. The van der Waals surface area contributed by atoms with Gasteiger partial charge in [0.25, 0.3) is 0 Å². The van der Waals surface area contributed by atoms with Crippen LogP contribution in [0.5, 0.6) is 0 Å². The quantitative estimate of drug-likeness (QED) is 0.437. The first-order valence-corrected chi connectivity index (χ1v) is 3.52. The zero-order chi connectivity index (χ0) is 6.69. The van der Waals surface area contributed by atoms with Crippen molar-refractivity contribution >= 4 is 12.6 Å². The summed E-state index contributed by atoms with van der Waals surface area (Å²) in [5.41, 5.74) is 1.24. The lowest BCUT2D eigenvalue weighted by atomic mass is 10.4. The van der Waals surface area contributed by atoms with Crippen LogP contribution in [0.15, 0.2) is 24.4 Å². The third-order valence-electron chi connectivity index (χ3n) is 1.32. The monoisotopic (exact) mass is 140 g/mol. The van der Waals surface area contributed by atoms with E-state index in [1.165, 1.54) is 5.69 Å². The smallest absolute Gasteiger partial charge is 0.190 e. The van der Waals surface area contributed by atoms with Gasteiger partial charge in [0.05, 0.1) is 5.75 Å². The Labute approximate surface area is 60.7 Å². The van der Waals surface area contributed by atoms with Crippen LogP contribution >= 0.6 is 12.6 Å². The van der Waals surface area contributed by atoms with Gasteiger partial charge in [-0.15, -0.1) is 0 Å². The molecule has 0 amide bonds. The number of pyridine rings is 1. The zero-order valence-corrected chi connectivity index (χ0v) is 6.31. The summed E-state index contributed by atoms with van der Waals surface area (Å²) in [6.07, 6.45) is 2.02. The van der Waals surface area contributed by atoms with E-state index in [1.807, 2.05) is 25.4 Å². The van der Waals surface area contributed by atoms with E-state index in [1.54, 1.807) is 0 Å². The van der Waals surface area contributed by atoms with Crippen molar-refractivity contribution in [1.29, 1.82) is 0 Å². The van der Waals surface area contributed by atoms with Crippen LogP contribution in [0.1, 0.15) is 5.69 Å². The highest BCUT2D eigenvalue weighted by molar-refractivity contribution is 7.79. The van der Waals surface area contributed by atoms with Gasteiger partial charge in [0.1, 0.15) is 7.05 Å². The maximum Gasteiger partial charge on any atom is 0.190 e. The van der Waals surface area contributed by atoms with E-state index in [9.17, 15) is 0 Å². The van der Waals surface area contributed by atoms with E-state index < -0.39 is 0 Å². The molecule has 0 spiro atoms. The largest absolute Gasteiger partial charge is 0.204 e. The van der Waals surface area contributed by atoms with Gasteiger partial charge in [-0.05, 0) is 0 Å². The van der Waals surface area contributed by atoms with Crippen molar-refractivity contribution in [3.63, 3.8) is 0 Å². The maximum atomic E-state index is 4.16. The van der Waals surface area contributed by atoms with Gasteiger partial charge >= 0.3 is 0 Å². The van der Waals surface area contributed by atoms with Crippen LogP contribution in [-0.4, -0.2) is 0 Å². The number of aryl methyl sites for hydroxylation is 1. The molecule has 0 N–H and O–H groups in total. The molecular weight excluding hydrogens is 130 g/mol. The van der Waals surface area contributed by atoms with E-state index in [-0.39, 0.29) is 0 Å². The van der Waals surface area contributed by atoms with Crippen LogP contribution in [0.4, 0.5) is 0 Å². The Balaban J connectivity index is 3.01. The first-order chi connectivity index (χ1) is 4.34. The summed E-state index contributed by atoms with van der Waals surface area (Å²) in [5, 5.41) is 0. The maximum absolute atomic E-state index is 4.16. The molecule has 0 aromatic carbocycles. The number of thiol groups is 1. The molecule has 0 fully saturated rings. The second-order valence-corrected chi connectivity index (χ2v) is 2.28. The Hall–Kier alpha value is -0.500. The Morgan fingerprint density at radius 1 is 1.56 bits per heavy atom. The molecule has 48 valence electrons. The standard InChI is InChI=1S/C7H9NS/c1-8-5-3-2-4-7(8)6-9/h2-5H,6H2,1H3/p+1. The predicted molar refractivity (Wildman–Crippen MR) is 40.3 cm³/mol. The second kappa shape index (κ2) is 2.87. The first-order valence-electron chi connectivity index (χ1n) is 2.89. The van der Waals surface area contributed by atoms with Crippen molar-refractivity contribution in [2.75, 3.05) is 0 Å². The zero-order valence-electron chi connectivity index (χ0n) is 5.41. The number of hydrogen-bond acceptors (Lipinski definition) is 1. The van der Waals surface area contributed by atoms with Gasteiger partial charge in [-0.25, -0.2) is 4.57 Å². The van der Waals surface area contributed by atoms with Gasteiger partial charge in [-0.2, -0.15) is 12.6 Å². The highest BCUT2D eigenvalue weighted by atomic mass is 32.1. The van der Waals surface area contributed by atoms with Crippen LogP contribution in [0, 0.1) is 0 Å². The molecule has 0 saturated heterocycles. The second-order valence-electron chi connectivity index (χ2n) is 1.96. The predicted octanol–water partition coefficient (Wildman–Crippen LogP) is 0.941. The van der Waals surface area contributed by atoms with E-state index in [0.717, 1.165) is 5.75 Å². The number of hydrogen-bond donors (Lipinski definition) is 1. The van der Waals surface area contributed by atoms with Crippen molar-refractivity contribution in [1.82, 2.24) is 0 Å². The fraction of sp³-hybridized carbons (Fsp3) is 0.286. The summed E-state index contributed by atoms with van der Waals surface area (Å²) in [6.45, 7) is 0. The van der Waals surface area contributed by atoms with Crippen molar-refractivity contribution in [3.05, 3.63) is 30.1 Å². The van der Waals surface area contributed by atoms with Gasteiger partial charge in [-0.3, -0.25) is 0 Å². The molecule has 0 unspecified atom stereocenters. The Bertz CT molecular complexity index is 198. The van der Waals surface area contributed by atoms with Gasteiger partial charge in [0.15, 0.2) is 11.9 Å². The highest BCUT2D eigenvalue weighted by Gasteiger charge is 1.98. The van der Waals surface area contributed by atoms with Crippen molar-refractivity contribution < 1.29 is 4.57 Å². The Morgan fingerprint density at radius 2 is 2.33 bits per heavy atom. The minimum atomic E-state index is 0.803. The van der Waals surface area contributed by atoms with Crippen LogP contribution in [-0.2, 0) is 12.8 Å². The molecule has 0 atom stereocenters. The molecule has 1 rings (SSSR count). The molecule has 1 nitrogen and oxygen atoms in total. The Kier molecular flexibility index (Phi) is 2.11. The van der Waals surface area contributed by atoms with Crippen molar-refractivity contribution in [2.24, 2.45) is 7.05 Å². The topological polar surface area (TPSA) is 3.88 Å². The van der Waals surface area contributed by atoms with Gasteiger partial charge in [-0.1, -0.05) is 6.07 Å². The van der Waals surface area contributed by atoms with E-state index in [0.29, 0.717) is 0 Å². The fourth-order valence-corrected chi connectivity index (χ4v) is 1.05. The third-order valence-corrected chi connectivity index (χ3v) is 1.65. The summed E-state index contributed by atoms with van der Waals surface area (Å²) in [6, 6.07) is 6.09. The van der Waals surface area contributed by atoms with Crippen molar-refractivity contribution in [2.45, 2.75) is 5.75 Å². The first kappa shape index (κ1) is 6.62. The summed E-state index contributed by atoms with van der Waals surface area (Å²) in [7, 11) is 2.02. The van der Waals surface area contributed by atoms with Crippen LogP contribution in [0.3, 0.4) is 0 Å². The molecule has 1 heterocycles. The minimum absolute atomic E-state index is 0.803. The van der Waals surface area contributed by atoms with Crippen molar-refractivity contribution in [3.8, 4) is 0 Å². The number of aromatic nitrogens is 1. The van der Waals surface area contributed by atoms with E-state index >= 15 is 0 Å². The molecule has 2 heteroatoms. The van der Waals surface area contributed by atoms with E-state index in [4.69, 9.17) is 0 Å². The Morgan fingerprint density at radius 3 is 2.78 bits per heavy atom. The minimum Gasteiger partial charge on any atom is -0.204 e. The average molecular weight is 140 g/mol. The molecule has 1 aromatic rings. The lowest BCUT2D eigenvalue weighted by molar-refractivity contribution is -0.678. The lowest BCUT2D eigenvalue weighted by Crippen LogP contribution is -2.31. The normalized spacial score (nSPS) is 9.56. The summed E-state index contributed by atoms with van der Waals surface area (Å²) >= 11 is 4.16. The molecule has 1 aromatic heterocycles. The average Bonchev–Trinajstić information content (AvgIpc) is 1.89. The molecule has 0 aliphatic carbocycles. The van der Waals surface area contributed by atoms with Gasteiger partial charge in [0, 0.05) is 12.1 Å². The van der Waals surface area contributed by atoms with Gasteiger partial charge < -0.3 is 0 Å². The summed E-state index contributed by atoms with van der Waals surface area (Å²) < 4.78 is 2.06. The van der Waals surface area contributed by atoms with Crippen LogP contribution < -0.4 is 4.57 Å². The molecule has 9 heavy (non-hydrogen) atoms. The van der Waals surface area contributed by atoms with Crippen LogP contribution in [0.25, 0.3) is 0 Å². The highest BCUT2D eigenvalue weighted by Crippen LogP contribution is 1.93. The molecule has 0 bridgehead atoms. The molecule has 0 radical (unpaired) electrons. The van der Waals surface area contributed by atoms with Gasteiger partial charge in [0.2, 0.25) is 0 Å². The molecule has 0 aliphatic rings. The summed E-state index contributed by atoms with van der Waals surface area (Å²) in [4.78, 5) is 0. The number of rotatable bonds is 1. The molecule has 0 saturated carbocycles. The SMILES string of the molecule is C[n+]1ccccc1CS. The van der Waals surface area contributed by atoms with E-state index in [2.05, 4.69) is 23.3 Å². The number of nitrogens with zero attached hydrogens (tertiary/aromatic N) is 1. The molecular formula is C7H10NS+. The van der Waals surface area contributed by atoms with Crippen LogP contribution in [0.2, 0.25) is 0 Å². The lowest BCUT2D eigenvalue weighted by Gasteiger charge is -1.91.